The predicted molar refractivity (Wildman–Crippen MR) is 129 cm³/mol. The van der Waals surface area contributed by atoms with Gasteiger partial charge in [0, 0.05) is 30.8 Å². The minimum Gasteiger partial charge on any atom is -0.490 e. The number of hydrogen-bond acceptors (Lipinski definition) is 6. The lowest BCUT2D eigenvalue weighted by Gasteiger charge is -2.21. The number of aliphatic imine (C=N–C) groups is 1. The van der Waals surface area contributed by atoms with Crippen LogP contribution in [-0.4, -0.2) is 51.9 Å². The highest BCUT2D eigenvalue weighted by molar-refractivity contribution is 14.0. The molecule has 0 atom stereocenters. The molecule has 1 aliphatic rings. The number of guanidine groups is 1. The lowest BCUT2D eigenvalue weighted by Crippen LogP contribution is -2.46. The van der Waals surface area contributed by atoms with Crippen molar-refractivity contribution in [3.63, 3.8) is 0 Å². The van der Waals surface area contributed by atoms with E-state index in [1.807, 2.05) is 46.0 Å². The third kappa shape index (κ3) is 7.89. The fourth-order valence-electron chi connectivity index (χ4n) is 2.74. The summed E-state index contributed by atoms with van der Waals surface area (Å²) < 4.78 is 13.2. The van der Waals surface area contributed by atoms with Gasteiger partial charge in [0.15, 0.2) is 23.3 Å². The zero-order valence-electron chi connectivity index (χ0n) is 18.3. The molecule has 0 spiro atoms. The topological polar surface area (TPSA) is 115 Å². The standard InChI is InChI=1S/C20H29N7O3.HI/c1-20(2,3)25-18(28)12-22-19(21-11-17-26-23-13-27(17)4)24-14-6-7-15-16(10-14)30-9-5-8-29-15;/h6-7,10,13H,5,8-9,11-12H2,1-4H3,(H,25,28)(H2,21,22,24);1H. The molecule has 0 saturated carbocycles. The average Bonchev–Trinajstić information content (AvgIpc) is 2.94. The molecule has 2 heterocycles. The molecule has 3 rings (SSSR count). The Kier molecular flexibility index (Phi) is 8.89. The predicted octanol–water partition coefficient (Wildman–Crippen LogP) is 2.07. The number of hydrogen-bond donors (Lipinski definition) is 3. The minimum absolute atomic E-state index is 0. The largest absolute Gasteiger partial charge is 0.490 e. The number of carbonyl (C=O) groups is 1. The molecule has 31 heavy (non-hydrogen) atoms. The first-order valence-corrected chi connectivity index (χ1v) is 9.89. The summed E-state index contributed by atoms with van der Waals surface area (Å²) in [4.78, 5) is 16.8. The summed E-state index contributed by atoms with van der Waals surface area (Å²) in [6.07, 6.45) is 2.46. The van der Waals surface area contributed by atoms with Crippen LogP contribution in [0.25, 0.3) is 0 Å². The van der Waals surface area contributed by atoms with Crippen molar-refractivity contribution in [1.29, 1.82) is 0 Å². The van der Waals surface area contributed by atoms with Crippen molar-refractivity contribution in [2.75, 3.05) is 25.1 Å². The molecule has 10 nitrogen and oxygen atoms in total. The third-order valence-corrected chi connectivity index (χ3v) is 4.12. The molecule has 0 radical (unpaired) electrons. The van der Waals surface area contributed by atoms with E-state index in [-0.39, 0.29) is 42.0 Å². The van der Waals surface area contributed by atoms with E-state index in [2.05, 4.69) is 31.1 Å². The minimum atomic E-state index is -0.309. The van der Waals surface area contributed by atoms with Crippen LogP contribution in [0.5, 0.6) is 11.5 Å². The van der Waals surface area contributed by atoms with E-state index < -0.39 is 0 Å². The second-order valence-corrected chi connectivity index (χ2v) is 8.01. The van der Waals surface area contributed by atoms with Gasteiger partial charge in [0.1, 0.15) is 12.9 Å². The number of nitrogens with zero attached hydrogens (tertiary/aromatic N) is 4. The maximum atomic E-state index is 12.2. The van der Waals surface area contributed by atoms with Crippen LogP contribution in [0.15, 0.2) is 29.5 Å². The van der Waals surface area contributed by atoms with Gasteiger partial charge < -0.3 is 30.0 Å². The summed E-state index contributed by atoms with van der Waals surface area (Å²) >= 11 is 0. The Morgan fingerprint density at radius 1 is 1.23 bits per heavy atom. The molecule has 170 valence electrons. The van der Waals surface area contributed by atoms with Crippen LogP contribution in [0.4, 0.5) is 5.69 Å². The number of fused-ring (bicyclic) bond motifs is 1. The van der Waals surface area contributed by atoms with Crippen LogP contribution in [0, 0.1) is 0 Å². The van der Waals surface area contributed by atoms with Gasteiger partial charge in [0.25, 0.3) is 0 Å². The van der Waals surface area contributed by atoms with Gasteiger partial charge in [-0.25, -0.2) is 4.99 Å². The summed E-state index contributed by atoms with van der Waals surface area (Å²) in [6.45, 7) is 7.42. The quantitative estimate of drug-likeness (QED) is 0.301. The fraction of sp³-hybridized carbons (Fsp3) is 0.500. The molecule has 11 heteroatoms. The Hall–Kier alpha value is -2.57. The molecule has 1 aromatic carbocycles. The molecule has 0 bridgehead atoms. The average molecular weight is 543 g/mol. The number of benzene rings is 1. The van der Waals surface area contributed by atoms with Crippen LogP contribution in [0.2, 0.25) is 0 Å². The normalized spacial score (nSPS) is 13.6. The number of aromatic nitrogens is 3. The number of amides is 1. The smallest absolute Gasteiger partial charge is 0.239 e. The van der Waals surface area contributed by atoms with Gasteiger partial charge >= 0.3 is 0 Å². The van der Waals surface area contributed by atoms with E-state index in [1.54, 1.807) is 10.9 Å². The van der Waals surface area contributed by atoms with Crippen molar-refractivity contribution in [1.82, 2.24) is 25.4 Å². The van der Waals surface area contributed by atoms with Crippen molar-refractivity contribution in [2.45, 2.75) is 39.3 Å². The first kappa shape index (κ1) is 24.7. The van der Waals surface area contributed by atoms with Gasteiger partial charge in [-0.3, -0.25) is 4.79 Å². The molecule has 2 aromatic rings. The van der Waals surface area contributed by atoms with Crippen LogP contribution in [0.3, 0.4) is 0 Å². The van der Waals surface area contributed by atoms with Crippen molar-refractivity contribution >= 4 is 41.5 Å². The Labute approximate surface area is 199 Å². The van der Waals surface area contributed by atoms with Crippen LogP contribution in [-0.2, 0) is 18.4 Å². The highest BCUT2D eigenvalue weighted by Crippen LogP contribution is 2.32. The van der Waals surface area contributed by atoms with Gasteiger partial charge in [0.2, 0.25) is 5.91 Å². The first-order valence-electron chi connectivity index (χ1n) is 9.89. The number of carbonyl (C=O) groups excluding carboxylic acids is 1. The molecular formula is C20H30IN7O3. The second kappa shape index (κ2) is 11.2. The lowest BCUT2D eigenvalue weighted by molar-refractivity contribution is -0.121. The third-order valence-electron chi connectivity index (χ3n) is 4.12. The SMILES string of the molecule is Cn1cnnc1CN=C(NCC(=O)NC(C)(C)C)Nc1ccc2c(c1)OCCCO2.I. The summed E-state index contributed by atoms with van der Waals surface area (Å²) in [6, 6.07) is 5.59. The van der Waals surface area contributed by atoms with Gasteiger partial charge in [-0.2, -0.15) is 0 Å². The van der Waals surface area contributed by atoms with Gasteiger partial charge in [-0.1, -0.05) is 0 Å². The van der Waals surface area contributed by atoms with Gasteiger partial charge in [-0.15, -0.1) is 34.2 Å². The number of nitrogens with one attached hydrogen (secondary N) is 3. The molecule has 0 aliphatic carbocycles. The Morgan fingerprint density at radius 2 is 1.97 bits per heavy atom. The summed E-state index contributed by atoms with van der Waals surface area (Å²) in [5.74, 6) is 2.41. The first-order chi connectivity index (χ1) is 14.3. The van der Waals surface area contributed by atoms with Crippen LogP contribution < -0.4 is 25.4 Å². The zero-order valence-corrected chi connectivity index (χ0v) is 20.6. The number of aryl methyl sites for hydroxylation is 1. The summed E-state index contributed by atoms with van der Waals surface area (Å²) in [7, 11) is 1.85. The van der Waals surface area contributed by atoms with Crippen LogP contribution in [0.1, 0.15) is 33.0 Å². The van der Waals surface area contributed by atoms with E-state index in [4.69, 9.17) is 9.47 Å². The van der Waals surface area contributed by atoms with Crippen molar-refractivity contribution in [2.24, 2.45) is 12.0 Å². The molecule has 3 N–H and O–H groups in total. The van der Waals surface area contributed by atoms with Crippen molar-refractivity contribution < 1.29 is 14.3 Å². The van der Waals surface area contributed by atoms with Crippen LogP contribution >= 0.6 is 24.0 Å². The van der Waals surface area contributed by atoms with E-state index in [0.717, 1.165) is 12.1 Å². The number of ether oxygens (including phenoxy) is 2. The highest BCUT2D eigenvalue weighted by Gasteiger charge is 2.15. The second-order valence-electron chi connectivity index (χ2n) is 8.01. The summed E-state index contributed by atoms with van der Waals surface area (Å²) in [5, 5.41) is 17.1. The Bertz CT molecular complexity index is 908. The number of rotatable bonds is 5. The number of anilines is 1. The van der Waals surface area contributed by atoms with E-state index in [9.17, 15) is 4.79 Å². The molecule has 1 aliphatic heterocycles. The lowest BCUT2D eigenvalue weighted by atomic mass is 10.1. The van der Waals surface area contributed by atoms with Crippen molar-refractivity contribution in [3.8, 4) is 11.5 Å². The van der Waals surface area contributed by atoms with Crippen molar-refractivity contribution in [3.05, 3.63) is 30.4 Å². The molecule has 0 saturated heterocycles. The van der Waals surface area contributed by atoms with E-state index in [0.29, 0.717) is 43.0 Å². The monoisotopic (exact) mass is 543 g/mol. The molecule has 1 aromatic heterocycles. The zero-order chi connectivity index (χ0) is 21.6. The van der Waals surface area contributed by atoms with Gasteiger partial charge in [-0.05, 0) is 32.9 Å². The summed E-state index contributed by atoms with van der Waals surface area (Å²) in [5.41, 5.74) is 0.455. The molecular weight excluding hydrogens is 513 g/mol. The molecule has 0 fully saturated rings. The molecule has 1 amide bonds. The van der Waals surface area contributed by atoms with E-state index >= 15 is 0 Å². The Morgan fingerprint density at radius 3 is 2.65 bits per heavy atom. The van der Waals surface area contributed by atoms with Gasteiger partial charge in [0.05, 0.1) is 19.8 Å². The highest BCUT2D eigenvalue weighted by atomic mass is 127. The molecule has 0 unspecified atom stereocenters. The van der Waals surface area contributed by atoms with E-state index in [1.165, 1.54) is 0 Å². The number of halogens is 1. The Balaban J connectivity index is 0.00000341. The maximum Gasteiger partial charge on any atom is 0.239 e. The fourth-order valence-corrected chi connectivity index (χ4v) is 2.74. The maximum absolute atomic E-state index is 12.2.